The molecule has 1 aliphatic rings. The van der Waals surface area contributed by atoms with Gasteiger partial charge in [-0.2, -0.15) is 0 Å². The molecule has 1 atom stereocenters. The maximum Gasteiger partial charge on any atom is 0.242 e. The summed E-state index contributed by atoms with van der Waals surface area (Å²) < 4.78 is 33.1. The van der Waals surface area contributed by atoms with E-state index in [1.807, 2.05) is 24.4 Å². The van der Waals surface area contributed by atoms with Gasteiger partial charge in [0.1, 0.15) is 5.65 Å². The SMILES string of the molecule is CC(C)S(=O)(=O)n1ccc2c(N3CCOC[C@H]3C)cc(-c3ccnc4[nH]ccc34)nc21. The van der Waals surface area contributed by atoms with Gasteiger partial charge in [0.15, 0.2) is 5.65 Å². The molecule has 0 spiro atoms. The average Bonchev–Trinajstić information content (AvgIpc) is 3.40. The first-order valence-electron chi connectivity index (χ1n) is 10.4. The van der Waals surface area contributed by atoms with E-state index in [-0.39, 0.29) is 6.04 Å². The minimum atomic E-state index is -3.56. The standard InChI is InChI=1S/C22H25N5O3S/c1-14(2)31(28,29)27-9-6-18-20(26-10-11-30-13-15(26)3)12-19(25-22(18)27)16-4-7-23-21-17(16)5-8-24-21/h4-9,12,14-15H,10-11,13H2,1-3H3,(H,23,24)/t15-/m1/s1. The van der Waals surface area contributed by atoms with E-state index >= 15 is 0 Å². The summed E-state index contributed by atoms with van der Waals surface area (Å²) in [6, 6.07) is 7.95. The predicted octanol–water partition coefficient (Wildman–Crippen LogP) is 3.39. The van der Waals surface area contributed by atoms with Crippen LogP contribution in [-0.4, -0.2) is 58.4 Å². The highest BCUT2D eigenvalue weighted by molar-refractivity contribution is 7.90. The van der Waals surface area contributed by atoms with Crippen molar-refractivity contribution < 1.29 is 13.2 Å². The molecule has 0 unspecified atom stereocenters. The lowest BCUT2D eigenvalue weighted by Gasteiger charge is -2.35. The molecule has 0 aliphatic carbocycles. The van der Waals surface area contributed by atoms with E-state index in [9.17, 15) is 8.42 Å². The molecule has 31 heavy (non-hydrogen) atoms. The van der Waals surface area contributed by atoms with Gasteiger partial charge < -0.3 is 14.6 Å². The van der Waals surface area contributed by atoms with Gasteiger partial charge in [0.05, 0.1) is 29.8 Å². The Labute approximate surface area is 180 Å². The zero-order chi connectivity index (χ0) is 21.8. The maximum absolute atomic E-state index is 13.1. The van der Waals surface area contributed by atoms with Crippen molar-refractivity contribution in [2.75, 3.05) is 24.7 Å². The topological polar surface area (TPSA) is 93.1 Å². The first-order valence-corrected chi connectivity index (χ1v) is 11.9. The Kier molecular flexibility index (Phi) is 4.75. The van der Waals surface area contributed by atoms with Crippen LogP contribution in [-0.2, 0) is 14.8 Å². The van der Waals surface area contributed by atoms with Gasteiger partial charge in [-0.25, -0.2) is 22.4 Å². The van der Waals surface area contributed by atoms with Crippen molar-refractivity contribution in [3.05, 3.63) is 42.9 Å². The molecule has 162 valence electrons. The van der Waals surface area contributed by atoms with Gasteiger partial charge in [0, 0.05) is 47.5 Å². The average molecular weight is 440 g/mol. The summed E-state index contributed by atoms with van der Waals surface area (Å²) in [6.07, 6.45) is 5.20. The number of anilines is 1. The Bertz CT molecular complexity index is 1370. The number of nitrogens with zero attached hydrogens (tertiary/aromatic N) is 4. The van der Waals surface area contributed by atoms with Crippen molar-refractivity contribution in [3.63, 3.8) is 0 Å². The number of rotatable bonds is 4. The monoisotopic (exact) mass is 439 g/mol. The second-order valence-corrected chi connectivity index (χ2v) is 10.6. The molecule has 5 heterocycles. The molecule has 1 N–H and O–H groups in total. The van der Waals surface area contributed by atoms with Crippen molar-refractivity contribution in [2.24, 2.45) is 0 Å². The number of fused-ring (bicyclic) bond motifs is 2. The van der Waals surface area contributed by atoms with E-state index in [0.29, 0.717) is 24.6 Å². The molecule has 0 saturated carbocycles. The number of nitrogens with one attached hydrogen (secondary N) is 1. The molecule has 4 aromatic rings. The molecule has 0 bridgehead atoms. The molecule has 9 heteroatoms. The zero-order valence-electron chi connectivity index (χ0n) is 17.7. The third-order valence-corrected chi connectivity index (χ3v) is 7.92. The summed E-state index contributed by atoms with van der Waals surface area (Å²) in [5.74, 6) is 0. The number of H-pyrrole nitrogens is 1. The third kappa shape index (κ3) is 3.19. The molecule has 8 nitrogen and oxygen atoms in total. The van der Waals surface area contributed by atoms with Crippen molar-refractivity contribution in [3.8, 4) is 11.3 Å². The van der Waals surface area contributed by atoms with Crippen molar-refractivity contribution in [1.82, 2.24) is 18.9 Å². The lowest BCUT2D eigenvalue weighted by atomic mass is 10.1. The Hall–Kier alpha value is -2.91. The van der Waals surface area contributed by atoms with Crippen molar-refractivity contribution >= 4 is 37.8 Å². The van der Waals surface area contributed by atoms with Crippen LogP contribution in [0.1, 0.15) is 20.8 Å². The fourth-order valence-corrected chi connectivity index (χ4v) is 5.21. The van der Waals surface area contributed by atoms with Crippen LogP contribution >= 0.6 is 0 Å². The van der Waals surface area contributed by atoms with Crippen LogP contribution in [0.2, 0.25) is 0 Å². The lowest BCUT2D eigenvalue weighted by Crippen LogP contribution is -2.43. The molecule has 1 fully saturated rings. The highest BCUT2D eigenvalue weighted by Crippen LogP contribution is 2.36. The number of ether oxygens (including phenoxy) is 1. The first-order chi connectivity index (χ1) is 14.9. The van der Waals surface area contributed by atoms with E-state index < -0.39 is 15.3 Å². The van der Waals surface area contributed by atoms with Crippen LogP contribution in [0.4, 0.5) is 5.69 Å². The van der Waals surface area contributed by atoms with Gasteiger partial charge in [-0.15, -0.1) is 0 Å². The fourth-order valence-electron chi connectivity index (χ4n) is 4.15. The first kappa shape index (κ1) is 20.0. The van der Waals surface area contributed by atoms with Gasteiger partial charge in [-0.1, -0.05) is 0 Å². The quantitative estimate of drug-likeness (QED) is 0.524. The Balaban J connectivity index is 1.81. The normalized spacial score (nSPS) is 17.8. The molecular weight excluding hydrogens is 414 g/mol. The number of aromatic nitrogens is 4. The summed E-state index contributed by atoms with van der Waals surface area (Å²) in [4.78, 5) is 14.6. The van der Waals surface area contributed by atoms with E-state index in [1.54, 1.807) is 26.2 Å². The highest BCUT2D eigenvalue weighted by Gasteiger charge is 2.27. The molecule has 5 rings (SSSR count). The number of hydrogen-bond donors (Lipinski definition) is 1. The minimum absolute atomic E-state index is 0.168. The molecule has 1 saturated heterocycles. The van der Waals surface area contributed by atoms with E-state index in [0.717, 1.165) is 34.2 Å². The fraction of sp³-hybridized carbons (Fsp3) is 0.364. The van der Waals surface area contributed by atoms with E-state index in [2.05, 4.69) is 27.9 Å². The minimum Gasteiger partial charge on any atom is -0.377 e. The molecule has 0 radical (unpaired) electrons. The molecule has 0 aromatic carbocycles. The van der Waals surface area contributed by atoms with Gasteiger partial charge in [-0.3, -0.25) is 0 Å². The second-order valence-electron chi connectivity index (χ2n) is 8.18. The summed E-state index contributed by atoms with van der Waals surface area (Å²) in [5, 5.41) is 1.21. The van der Waals surface area contributed by atoms with Crippen LogP contribution in [0.3, 0.4) is 0 Å². The predicted molar refractivity (Wildman–Crippen MR) is 122 cm³/mol. The summed E-state index contributed by atoms with van der Waals surface area (Å²) >= 11 is 0. The van der Waals surface area contributed by atoms with Crippen LogP contribution < -0.4 is 4.90 Å². The van der Waals surface area contributed by atoms with Crippen LogP contribution in [0, 0.1) is 0 Å². The summed E-state index contributed by atoms with van der Waals surface area (Å²) in [6.45, 7) is 7.47. The van der Waals surface area contributed by atoms with Gasteiger partial charge >= 0.3 is 0 Å². The van der Waals surface area contributed by atoms with Crippen molar-refractivity contribution in [2.45, 2.75) is 32.1 Å². The highest BCUT2D eigenvalue weighted by atomic mass is 32.2. The molecule has 0 amide bonds. The Morgan fingerprint density at radius 3 is 2.84 bits per heavy atom. The zero-order valence-corrected chi connectivity index (χ0v) is 18.6. The van der Waals surface area contributed by atoms with Gasteiger partial charge in [0.2, 0.25) is 10.0 Å². The second kappa shape index (κ2) is 7.35. The largest absolute Gasteiger partial charge is 0.377 e. The van der Waals surface area contributed by atoms with Crippen LogP contribution in [0.5, 0.6) is 0 Å². The van der Waals surface area contributed by atoms with Gasteiger partial charge in [-0.05, 0) is 45.0 Å². The van der Waals surface area contributed by atoms with E-state index in [4.69, 9.17) is 9.72 Å². The Morgan fingerprint density at radius 2 is 2.06 bits per heavy atom. The van der Waals surface area contributed by atoms with Gasteiger partial charge in [0.25, 0.3) is 0 Å². The van der Waals surface area contributed by atoms with Crippen LogP contribution in [0.25, 0.3) is 33.3 Å². The Morgan fingerprint density at radius 1 is 1.23 bits per heavy atom. The molecule has 1 aliphatic heterocycles. The number of hydrogen-bond acceptors (Lipinski definition) is 6. The molecular formula is C22H25N5O3S. The van der Waals surface area contributed by atoms with Crippen molar-refractivity contribution in [1.29, 1.82) is 0 Å². The third-order valence-electron chi connectivity index (χ3n) is 5.89. The van der Waals surface area contributed by atoms with Crippen LogP contribution in [0.15, 0.2) is 42.9 Å². The summed E-state index contributed by atoms with van der Waals surface area (Å²) in [7, 11) is -3.56. The number of pyridine rings is 2. The maximum atomic E-state index is 13.1. The smallest absolute Gasteiger partial charge is 0.242 e. The summed E-state index contributed by atoms with van der Waals surface area (Å²) in [5.41, 5.74) is 3.80. The molecule has 4 aromatic heterocycles. The lowest BCUT2D eigenvalue weighted by molar-refractivity contribution is 0.0991. The number of morpholine rings is 1. The number of aromatic amines is 1. The van der Waals surface area contributed by atoms with E-state index in [1.165, 1.54) is 3.97 Å².